The van der Waals surface area contributed by atoms with Crippen molar-refractivity contribution in [2.75, 3.05) is 6.54 Å². The number of ketones is 2. The number of halogens is 2. The van der Waals surface area contributed by atoms with Crippen LogP contribution in [-0.2, 0) is 9.59 Å². The molecule has 0 spiro atoms. The maximum absolute atomic E-state index is 12.2. The molecule has 0 amide bonds. The van der Waals surface area contributed by atoms with Crippen molar-refractivity contribution in [3.8, 4) is 5.75 Å². The van der Waals surface area contributed by atoms with Crippen LogP contribution in [0.5, 0.6) is 5.75 Å². The van der Waals surface area contributed by atoms with Gasteiger partial charge < -0.3 is 4.74 Å². The van der Waals surface area contributed by atoms with Gasteiger partial charge >= 0.3 is 0 Å². The normalized spacial score (nSPS) is 19.9. The zero-order valence-electron chi connectivity index (χ0n) is 14.2. The first-order valence-electron chi connectivity index (χ1n) is 8.43. The Morgan fingerprint density at radius 1 is 1.15 bits per heavy atom. The molecule has 0 aromatic heterocycles. The largest absolute Gasteiger partial charge is 0.436 e. The number of ether oxygens (including phenoxy) is 1. The van der Waals surface area contributed by atoms with E-state index in [0.29, 0.717) is 23.1 Å². The molecule has 2 heterocycles. The summed E-state index contributed by atoms with van der Waals surface area (Å²) in [5.41, 5.74) is 4.70. The summed E-state index contributed by atoms with van der Waals surface area (Å²) in [7, 11) is 0. The highest BCUT2D eigenvalue weighted by molar-refractivity contribution is 6.48. The fourth-order valence-corrected chi connectivity index (χ4v) is 3.50. The Balaban J connectivity index is 1.61. The first-order chi connectivity index (χ1) is 12.9. The molecule has 4 rings (SSSR count). The van der Waals surface area contributed by atoms with E-state index in [9.17, 15) is 9.59 Å². The molecule has 1 saturated carbocycles. The van der Waals surface area contributed by atoms with Gasteiger partial charge in [0.05, 0.1) is 16.5 Å². The van der Waals surface area contributed by atoms with Gasteiger partial charge in [-0.15, -0.1) is 0 Å². The van der Waals surface area contributed by atoms with E-state index in [0.717, 1.165) is 18.4 Å². The summed E-state index contributed by atoms with van der Waals surface area (Å²) < 4.78 is 5.76. The number of dihydropyridines is 1. The zero-order chi connectivity index (χ0) is 19.1. The van der Waals surface area contributed by atoms with Crippen LogP contribution in [0, 0.1) is 5.92 Å². The van der Waals surface area contributed by atoms with Crippen molar-refractivity contribution in [3.05, 3.63) is 51.7 Å². The first-order valence-corrected chi connectivity index (χ1v) is 9.19. The van der Waals surface area contributed by atoms with Gasteiger partial charge in [0.2, 0.25) is 5.90 Å². The topological polar surface area (TPSA) is 80.1 Å². The van der Waals surface area contributed by atoms with Crippen molar-refractivity contribution in [1.29, 1.82) is 0 Å². The molecule has 0 unspecified atom stereocenters. The number of carbonyl (C=O) groups excluding carboxylic acids is 2. The second-order valence-corrected chi connectivity index (χ2v) is 7.41. The number of aliphatic imine (C=N–C) groups is 1. The van der Waals surface area contributed by atoms with Crippen molar-refractivity contribution in [2.45, 2.75) is 19.3 Å². The molecule has 2 aliphatic heterocycles. The molecule has 1 aliphatic carbocycles. The predicted molar refractivity (Wildman–Crippen MR) is 104 cm³/mol. The number of allylic oxidation sites excluding steroid dienone is 1. The van der Waals surface area contributed by atoms with E-state index in [1.54, 1.807) is 18.2 Å². The summed E-state index contributed by atoms with van der Waals surface area (Å²) in [4.78, 5) is 28.2. The molecule has 1 N–H and O–H groups in total. The molecule has 0 bridgehead atoms. The van der Waals surface area contributed by atoms with Crippen molar-refractivity contribution < 1.29 is 14.3 Å². The number of hydrazone groups is 1. The standard InChI is InChI=1S/C19H15Cl2N3O3/c1-9-4-15(25)18(24-23-9)11-5-13(20)19(14(21)6-11)27-17-7-12(10-2-3-10)16(26)8-22-17/h5-7,10,23H,1-4,8H2. The highest BCUT2D eigenvalue weighted by Crippen LogP contribution is 2.39. The van der Waals surface area contributed by atoms with Crippen LogP contribution in [0.3, 0.4) is 0 Å². The SMILES string of the molecule is C=C1CC(=O)C(c2cc(Cl)c(OC3=NCC(=O)C(C4CC4)=C3)c(Cl)c2)=NN1. The molecule has 6 nitrogen and oxygen atoms in total. The van der Waals surface area contributed by atoms with Crippen LogP contribution in [0.1, 0.15) is 24.8 Å². The second kappa shape index (κ2) is 6.94. The molecule has 1 fully saturated rings. The third kappa shape index (κ3) is 3.68. The van der Waals surface area contributed by atoms with Crippen LogP contribution in [0.15, 0.2) is 46.2 Å². The minimum atomic E-state index is -0.174. The molecule has 3 aliphatic rings. The molecule has 1 aromatic rings. The van der Waals surface area contributed by atoms with Crippen LogP contribution in [0.2, 0.25) is 10.0 Å². The maximum atomic E-state index is 12.2. The van der Waals surface area contributed by atoms with Gasteiger partial charge in [0.1, 0.15) is 12.3 Å². The lowest BCUT2D eigenvalue weighted by Gasteiger charge is -2.17. The van der Waals surface area contributed by atoms with E-state index in [4.69, 9.17) is 27.9 Å². The van der Waals surface area contributed by atoms with Crippen LogP contribution >= 0.6 is 23.2 Å². The van der Waals surface area contributed by atoms with Gasteiger partial charge in [0.25, 0.3) is 0 Å². The van der Waals surface area contributed by atoms with Crippen LogP contribution in [0.25, 0.3) is 0 Å². The molecular weight excluding hydrogens is 389 g/mol. The van der Waals surface area contributed by atoms with Gasteiger partial charge in [0, 0.05) is 22.9 Å². The number of nitrogens with zero attached hydrogens (tertiary/aromatic N) is 2. The minimum Gasteiger partial charge on any atom is -0.436 e. The summed E-state index contributed by atoms with van der Waals surface area (Å²) in [5.74, 6) is 0.685. The van der Waals surface area contributed by atoms with Crippen LogP contribution in [-0.4, -0.2) is 29.7 Å². The third-order valence-electron chi connectivity index (χ3n) is 4.44. The van der Waals surface area contributed by atoms with Crippen molar-refractivity contribution in [3.63, 3.8) is 0 Å². The Morgan fingerprint density at radius 3 is 2.48 bits per heavy atom. The summed E-state index contributed by atoms with van der Waals surface area (Å²) >= 11 is 12.7. The summed E-state index contributed by atoms with van der Waals surface area (Å²) in [6.45, 7) is 3.74. The van der Waals surface area contributed by atoms with Gasteiger partial charge in [0.15, 0.2) is 17.3 Å². The monoisotopic (exact) mass is 403 g/mol. The number of hydrogen-bond donors (Lipinski definition) is 1. The highest BCUT2D eigenvalue weighted by atomic mass is 35.5. The molecule has 8 heteroatoms. The number of benzene rings is 1. The molecule has 0 radical (unpaired) electrons. The van der Waals surface area contributed by atoms with E-state index < -0.39 is 0 Å². The Morgan fingerprint density at radius 2 is 1.85 bits per heavy atom. The Kier molecular flexibility index (Phi) is 4.61. The lowest BCUT2D eigenvalue weighted by molar-refractivity contribution is -0.114. The Labute approximate surface area is 165 Å². The van der Waals surface area contributed by atoms with Crippen molar-refractivity contribution in [1.82, 2.24) is 5.43 Å². The van der Waals surface area contributed by atoms with Gasteiger partial charge in [-0.05, 0) is 30.9 Å². The minimum absolute atomic E-state index is 0.0281. The summed E-state index contributed by atoms with van der Waals surface area (Å²) in [6.07, 6.45) is 3.84. The lowest BCUT2D eigenvalue weighted by atomic mass is 10.0. The number of nitrogens with one attached hydrogen (secondary N) is 1. The van der Waals surface area contributed by atoms with Crippen LogP contribution in [0.4, 0.5) is 0 Å². The van der Waals surface area contributed by atoms with Crippen molar-refractivity contribution in [2.24, 2.45) is 16.0 Å². The van der Waals surface area contributed by atoms with Gasteiger partial charge in [-0.1, -0.05) is 29.8 Å². The number of Topliss-reactive ketones (excluding diaryl/α,β-unsaturated/α-hetero) is 2. The molecular formula is C19H15Cl2N3O3. The van der Waals surface area contributed by atoms with Crippen LogP contribution < -0.4 is 10.2 Å². The molecule has 0 atom stereocenters. The van der Waals surface area contributed by atoms with E-state index in [2.05, 4.69) is 22.1 Å². The fraction of sp³-hybridized carbons (Fsp3) is 0.263. The molecule has 0 saturated heterocycles. The van der Waals surface area contributed by atoms with Crippen molar-refractivity contribution >= 4 is 46.4 Å². The van der Waals surface area contributed by atoms with Gasteiger partial charge in [-0.2, -0.15) is 5.10 Å². The highest BCUT2D eigenvalue weighted by Gasteiger charge is 2.32. The predicted octanol–water partition coefficient (Wildman–Crippen LogP) is 3.47. The number of carbonyl (C=O) groups is 2. The quantitative estimate of drug-likeness (QED) is 0.837. The van der Waals surface area contributed by atoms with E-state index in [-0.39, 0.29) is 46.0 Å². The van der Waals surface area contributed by atoms with E-state index in [1.807, 2.05) is 0 Å². The van der Waals surface area contributed by atoms with Gasteiger partial charge in [-0.3, -0.25) is 15.0 Å². The smallest absolute Gasteiger partial charge is 0.215 e. The summed E-state index contributed by atoms with van der Waals surface area (Å²) in [6, 6.07) is 3.13. The molecule has 138 valence electrons. The van der Waals surface area contributed by atoms with E-state index in [1.165, 1.54) is 0 Å². The third-order valence-corrected chi connectivity index (χ3v) is 5.00. The van der Waals surface area contributed by atoms with E-state index >= 15 is 0 Å². The maximum Gasteiger partial charge on any atom is 0.215 e. The Bertz CT molecular complexity index is 951. The molecule has 27 heavy (non-hydrogen) atoms. The average molecular weight is 404 g/mol. The molecule has 1 aromatic carbocycles. The Hall–Kier alpha value is -2.44. The number of hydrogen-bond acceptors (Lipinski definition) is 6. The fourth-order valence-electron chi connectivity index (χ4n) is 2.94. The zero-order valence-corrected chi connectivity index (χ0v) is 15.7. The lowest BCUT2D eigenvalue weighted by Crippen LogP contribution is -2.27. The first kappa shape index (κ1) is 17.9. The number of rotatable bonds is 3. The van der Waals surface area contributed by atoms with Gasteiger partial charge in [-0.25, -0.2) is 4.99 Å². The second-order valence-electron chi connectivity index (χ2n) is 6.60. The average Bonchev–Trinajstić information content (AvgIpc) is 3.44. The summed E-state index contributed by atoms with van der Waals surface area (Å²) in [5, 5.41) is 4.46.